The van der Waals surface area contributed by atoms with E-state index in [1.165, 1.54) is 0 Å². The first kappa shape index (κ1) is 16.9. The Bertz CT molecular complexity index is 618. The molecule has 1 aromatic rings. The molecule has 0 radical (unpaired) electrons. The van der Waals surface area contributed by atoms with Crippen LogP contribution in [-0.2, 0) is 14.9 Å². The number of rotatable bonds is 6. The van der Waals surface area contributed by atoms with E-state index in [0.717, 1.165) is 18.4 Å². The molecule has 1 aromatic carbocycles. The van der Waals surface area contributed by atoms with Crippen molar-refractivity contribution >= 4 is 10.0 Å². The van der Waals surface area contributed by atoms with Crippen molar-refractivity contribution in [1.82, 2.24) is 4.72 Å². The minimum absolute atomic E-state index is 0.142. The second-order valence-corrected chi connectivity index (χ2v) is 8.41. The van der Waals surface area contributed by atoms with Gasteiger partial charge in [0.15, 0.2) is 0 Å². The molecule has 0 aliphatic carbocycles. The molecule has 1 heterocycles. The van der Waals surface area contributed by atoms with Gasteiger partial charge in [-0.25, -0.2) is 13.1 Å². The Kier molecular flexibility index (Phi) is 5.18. The standard InChI is InChI=1S/C15H23N3O3S/c1-15(2,3)9-4-10-16-22(19,20)13-7-5-12(6-8-13)14-11-21-18-17-14/h5-8,14,16H,4,9-11H2,1-3H3. The largest absolute Gasteiger partial charge is 0.377 e. The SMILES string of the molecule is CC(C)(C)CCCNS(=O)(=O)c1ccc(C2CON=N2)cc1. The van der Waals surface area contributed by atoms with E-state index in [9.17, 15) is 8.42 Å². The molecule has 0 bridgehead atoms. The highest BCUT2D eigenvalue weighted by atomic mass is 32.2. The monoisotopic (exact) mass is 325 g/mol. The van der Waals surface area contributed by atoms with Gasteiger partial charge in [0.25, 0.3) is 0 Å². The Labute approximate surface area is 132 Å². The molecular weight excluding hydrogens is 302 g/mol. The van der Waals surface area contributed by atoms with Crippen molar-refractivity contribution in [2.75, 3.05) is 13.2 Å². The Morgan fingerprint density at radius 1 is 1.27 bits per heavy atom. The van der Waals surface area contributed by atoms with E-state index in [2.05, 4.69) is 35.9 Å². The summed E-state index contributed by atoms with van der Waals surface area (Å²) in [6.45, 7) is 7.28. The second-order valence-electron chi connectivity index (χ2n) is 6.64. The van der Waals surface area contributed by atoms with Crippen LogP contribution in [0.25, 0.3) is 0 Å². The summed E-state index contributed by atoms with van der Waals surface area (Å²) in [4.78, 5) is 5.10. The average molecular weight is 325 g/mol. The van der Waals surface area contributed by atoms with Crippen LogP contribution in [0.1, 0.15) is 45.2 Å². The lowest BCUT2D eigenvalue weighted by Gasteiger charge is -2.17. The summed E-state index contributed by atoms with van der Waals surface area (Å²) in [6, 6.07) is 6.55. The molecule has 0 saturated heterocycles. The van der Waals surface area contributed by atoms with Gasteiger partial charge in [0, 0.05) is 11.8 Å². The Morgan fingerprint density at radius 2 is 1.95 bits per heavy atom. The fourth-order valence-electron chi connectivity index (χ4n) is 2.17. The predicted octanol–water partition coefficient (Wildman–Crippen LogP) is 3.23. The first-order valence-electron chi connectivity index (χ1n) is 7.40. The minimum atomic E-state index is -3.45. The molecule has 0 amide bonds. The molecule has 0 saturated carbocycles. The van der Waals surface area contributed by atoms with Crippen molar-refractivity contribution < 1.29 is 13.3 Å². The lowest BCUT2D eigenvalue weighted by atomic mass is 9.91. The highest BCUT2D eigenvalue weighted by molar-refractivity contribution is 7.89. The van der Waals surface area contributed by atoms with E-state index in [0.29, 0.717) is 13.2 Å². The topological polar surface area (TPSA) is 80.1 Å². The smallest absolute Gasteiger partial charge is 0.240 e. The number of hydrogen-bond acceptors (Lipinski definition) is 5. The second kappa shape index (κ2) is 6.75. The Morgan fingerprint density at radius 3 is 2.50 bits per heavy atom. The summed E-state index contributed by atoms with van der Waals surface area (Å²) >= 11 is 0. The van der Waals surface area contributed by atoms with Gasteiger partial charge in [-0.3, -0.25) is 0 Å². The zero-order valence-electron chi connectivity index (χ0n) is 13.2. The quantitative estimate of drug-likeness (QED) is 0.815. The number of hydrogen-bond donors (Lipinski definition) is 1. The molecule has 1 aliphatic heterocycles. The lowest BCUT2D eigenvalue weighted by Crippen LogP contribution is -2.25. The molecule has 0 aromatic heterocycles. The van der Waals surface area contributed by atoms with E-state index in [4.69, 9.17) is 4.84 Å². The van der Waals surface area contributed by atoms with Crippen LogP contribution in [0.4, 0.5) is 0 Å². The molecule has 1 atom stereocenters. The summed E-state index contributed by atoms with van der Waals surface area (Å²) in [5.41, 5.74) is 1.11. The molecular formula is C15H23N3O3S. The normalized spacial score (nSPS) is 18.4. The highest BCUT2D eigenvalue weighted by Gasteiger charge is 2.19. The lowest BCUT2D eigenvalue weighted by molar-refractivity contribution is 0.164. The van der Waals surface area contributed by atoms with Crippen molar-refractivity contribution in [3.8, 4) is 0 Å². The van der Waals surface area contributed by atoms with Crippen LogP contribution in [0.5, 0.6) is 0 Å². The zero-order chi connectivity index (χ0) is 16.2. The van der Waals surface area contributed by atoms with Crippen LogP contribution in [0.15, 0.2) is 39.6 Å². The zero-order valence-corrected chi connectivity index (χ0v) is 14.1. The highest BCUT2D eigenvalue weighted by Crippen LogP contribution is 2.24. The third-order valence-electron chi connectivity index (χ3n) is 3.45. The first-order valence-corrected chi connectivity index (χ1v) is 8.88. The fourth-order valence-corrected chi connectivity index (χ4v) is 3.24. The van der Waals surface area contributed by atoms with Crippen molar-refractivity contribution in [2.24, 2.45) is 15.8 Å². The number of sulfonamides is 1. The van der Waals surface area contributed by atoms with Gasteiger partial charge in [0.2, 0.25) is 10.0 Å². The predicted molar refractivity (Wildman–Crippen MR) is 83.9 cm³/mol. The fraction of sp³-hybridized carbons (Fsp3) is 0.600. The molecule has 2 rings (SSSR count). The number of nitrogens with zero attached hydrogens (tertiary/aromatic N) is 2. The maximum Gasteiger partial charge on any atom is 0.240 e. The molecule has 22 heavy (non-hydrogen) atoms. The van der Waals surface area contributed by atoms with Gasteiger partial charge in [-0.05, 0) is 36.0 Å². The molecule has 1 aliphatic rings. The molecule has 6 nitrogen and oxygen atoms in total. The summed E-state index contributed by atoms with van der Waals surface area (Å²) in [6.07, 6.45) is 1.79. The van der Waals surface area contributed by atoms with E-state index >= 15 is 0 Å². The molecule has 0 fully saturated rings. The summed E-state index contributed by atoms with van der Waals surface area (Å²) < 4.78 is 27.1. The van der Waals surface area contributed by atoms with Crippen molar-refractivity contribution in [2.45, 2.75) is 44.6 Å². The summed E-state index contributed by atoms with van der Waals surface area (Å²) in [7, 11) is -3.45. The Hall–Kier alpha value is -1.47. The van der Waals surface area contributed by atoms with Crippen LogP contribution < -0.4 is 4.72 Å². The third-order valence-corrected chi connectivity index (χ3v) is 4.92. The molecule has 122 valence electrons. The van der Waals surface area contributed by atoms with Crippen LogP contribution >= 0.6 is 0 Å². The Balaban J connectivity index is 1.93. The average Bonchev–Trinajstić information content (AvgIpc) is 2.97. The maximum absolute atomic E-state index is 12.2. The van der Waals surface area contributed by atoms with Gasteiger partial charge in [-0.15, -0.1) is 5.11 Å². The van der Waals surface area contributed by atoms with E-state index < -0.39 is 10.0 Å². The van der Waals surface area contributed by atoms with E-state index in [1.807, 2.05) is 0 Å². The maximum atomic E-state index is 12.2. The van der Waals surface area contributed by atoms with Gasteiger partial charge in [0.05, 0.1) is 4.90 Å². The van der Waals surface area contributed by atoms with Crippen LogP contribution in [-0.4, -0.2) is 21.6 Å². The van der Waals surface area contributed by atoms with Gasteiger partial charge < -0.3 is 4.84 Å². The van der Waals surface area contributed by atoms with E-state index in [-0.39, 0.29) is 16.4 Å². The number of nitrogens with one attached hydrogen (secondary N) is 1. The van der Waals surface area contributed by atoms with Crippen molar-refractivity contribution in [1.29, 1.82) is 0 Å². The van der Waals surface area contributed by atoms with Gasteiger partial charge in [0.1, 0.15) is 12.6 Å². The molecule has 1 N–H and O–H groups in total. The number of benzene rings is 1. The molecule has 7 heteroatoms. The first-order chi connectivity index (χ1) is 10.3. The van der Waals surface area contributed by atoms with Crippen LogP contribution in [0, 0.1) is 5.41 Å². The van der Waals surface area contributed by atoms with Crippen LogP contribution in [0.3, 0.4) is 0 Å². The van der Waals surface area contributed by atoms with Gasteiger partial charge >= 0.3 is 0 Å². The summed E-state index contributed by atoms with van der Waals surface area (Å²) in [5, 5.41) is 7.40. The summed E-state index contributed by atoms with van der Waals surface area (Å²) in [5.74, 6) is 0. The van der Waals surface area contributed by atoms with E-state index in [1.54, 1.807) is 24.3 Å². The molecule has 0 spiro atoms. The molecule has 1 unspecified atom stereocenters. The van der Waals surface area contributed by atoms with Gasteiger partial charge in [-0.1, -0.05) is 32.9 Å². The van der Waals surface area contributed by atoms with Crippen molar-refractivity contribution in [3.63, 3.8) is 0 Å². The minimum Gasteiger partial charge on any atom is -0.377 e. The third kappa shape index (κ3) is 4.78. The van der Waals surface area contributed by atoms with Crippen LogP contribution in [0.2, 0.25) is 0 Å². The van der Waals surface area contributed by atoms with Gasteiger partial charge in [-0.2, -0.15) is 0 Å². The van der Waals surface area contributed by atoms with Crippen molar-refractivity contribution in [3.05, 3.63) is 29.8 Å².